The minimum Gasteiger partial charge on any atom is -0.272 e. The number of aryl methyl sites for hydroxylation is 1. The Bertz CT molecular complexity index is 403. The van der Waals surface area contributed by atoms with E-state index < -0.39 is 0 Å². The van der Waals surface area contributed by atoms with Crippen molar-refractivity contribution in [1.82, 2.24) is 10.4 Å². The van der Waals surface area contributed by atoms with Crippen LogP contribution in [0.15, 0.2) is 23.4 Å². The molecule has 0 bridgehead atoms. The van der Waals surface area contributed by atoms with Crippen LogP contribution in [0.4, 0.5) is 0 Å². The number of carbonyl (C=O) groups excluding carboxylic acids is 1. The number of thioether (sulfide) groups is 1. The average Bonchev–Trinajstić information content (AvgIpc) is 2.20. The van der Waals surface area contributed by atoms with Gasteiger partial charge in [-0.05, 0) is 18.6 Å². The fraction of sp³-hybridized carbons (Fsp3) is 0.222. The van der Waals surface area contributed by atoms with Crippen molar-refractivity contribution < 1.29 is 4.79 Å². The van der Waals surface area contributed by atoms with Crippen LogP contribution in [0.5, 0.6) is 0 Å². The van der Waals surface area contributed by atoms with Gasteiger partial charge in [-0.2, -0.15) is 5.10 Å². The lowest BCUT2D eigenvalue weighted by Crippen LogP contribution is -2.27. The normalized spacial score (nSPS) is 16.1. The highest BCUT2D eigenvalue weighted by Crippen LogP contribution is 2.16. The van der Waals surface area contributed by atoms with Gasteiger partial charge in [0, 0.05) is 6.20 Å². The predicted molar refractivity (Wildman–Crippen MR) is 56.1 cm³/mol. The number of pyridine rings is 1. The first-order valence-corrected chi connectivity index (χ1v) is 5.17. The number of hydrogen-bond acceptors (Lipinski definition) is 4. The van der Waals surface area contributed by atoms with E-state index in [0.29, 0.717) is 5.75 Å². The van der Waals surface area contributed by atoms with Crippen molar-refractivity contribution in [3.8, 4) is 0 Å². The Hall–Kier alpha value is -1.36. The third-order valence-electron chi connectivity index (χ3n) is 1.83. The minimum absolute atomic E-state index is 0.0627. The van der Waals surface area contributed by atoms with Crippen LogP contribution in [0.1, 0.15) is 11.3 Å². The Morgan fingerprint density at radius 1 is 1.57 bits per heavy atom. The molecule has 0 spiro atoms. The largest absolute Gasteiger partial charge is 0.272 e. The molecule has 0 saturated carbocycles. The zero-order valence-electron chi connectivity index (χ0n) is 7.65. The third-order valence-corrected chi connectivity index (χ3v) is 2.80. The second-order valence-electron chi connectivity index (χ2n) is 2.91. The Balaban J connectivity index is 2.32. The van der Waals surface area contributed by atoms with Crippen molar-refractivity contribution in [2.24, 2.45) is 5.10 Å². The van der Waals surface area contributed by atoms with Crippen molar-refractivity contribution in [1.29, 1.82) is 0 Å². The summed E-state index contributed by atoms with van der Waals surface area (Å²) in [5, 5.41) is 4.74. The van der Waals surface area contributed by atoms with Gasteiger partial charge in [0.05, 0.1) is 11.4 Å². The van der Waals surface area contributed by atoms with Gasteiger partial charge >= 0.3 is 0 Å². The van der Waals surface area contributed by atoms with Crippen LogP contribution < -0.4 is 5.43 Å². The molecule has 1 aromatic heterocycles. The van der Waals surface area contributed by atoms with Crippen LogP contribution >= 0.6 is 11.8 Å². The Labute approximate surface area is 85.8 Å². The van der Waals surface area contributed by atoms with Crippen LogP contribution in [0, 0.1) is 6.92 Å². The second kappa shape index (κ2) is 3.79. The van der Waals surface area contributed by atoms with E-state index in [1.54, 1.807) is 6.20 Å². The molecule has 1 aliphatic heterocycles. The maximum Gasteiger partial charge on any atom is 0.250 e. The molecule has 5 heteroatoms. The Morgan fingerprint density at radius 3 is 3.07 bits per heavy atom. The van der Waals surface area contributed by atoms with Gasteiger partial charge in [-0.25, -0.2) is 5.43 Å². The molecule has 4 nitrogen and oxygen atoms in total. The molecule has 72 valence electrons. The lowest BCUT2D eigenvalue weighted by Gasteiger charge is -2.11. The Morgan fingerprint density at radius 2 is 2.43 bits per heavy atom. The first-order valence-electron chi connectivity index (χ1n) is 4.18. The second-order valence-corrected chi connectivity index (χ2v) is 3.87. The van der Waals surface area contributed by atoms with Gasteiger partial charge < -0.3 is 0 Å². The number of nitrogens with one attached hydrogen (secondary N) is 1. The summed E-state index contributed by atoms with van der Waals surface area (Å²) in [5.74, 6) is 0.349. The summed E-state index contributed by atoms with van der Waals surface area (Å²) in [6.07, 6.45) is 1.72. The van der Waals surface area contributed by atoms with Gasteiger partial charge in [0.1, 0.15) is 5.04 Å². The highest BCUT2D eigenvalue weighted by Gasteiger charge is 2.15. The first-order chi connectivity index (χ1) is 6.77. The van der Waals surface area contributed by atoms with E-state index in [-0.39, 0.29) is 5.91 Å². The molecule has 0 atom stereocenters. The minimum atomic E-state index is -0.0627. The smallest absolute Gasteiger partial charge is 0.250 e. The fourth-order valence-corrected chi connectivity index (χ4v) is 1.94. The average molecular weight is 207 g/mol. The van der Waals surface area contributed by atoms with Crippen molar-refractivity contribution in [3.05, 3.63) is 29.6 Å². The molecule has 1 amide bonds. The summed E-state index contributed by atoms with van der Waals surface area (Å²) in [5.41, 5.74) is 4.36. The maximum atomic E-state index is 10.9. The standard InChI is InChI=1S/C9H9N3OS/c1-6-3-2-4-10-8(6)9-12-11-7(13)5-14-9/h2-4H,5H2,1H3,(H,11,13). The van der Waals surface area contributed by atoms with Crippen molar-refractivity contribution in [3.63, 3.8) is 0 Å². The van der Waals surface area contributed by atoms with E-state index >= 15 is 0 Å². The molecule has 0 unspecified atom stereocenters. The molecule has 0 radical (unpaired) electrons. The van der Waals surface area contributed by atoms with Crippen molar-refractivity contribution >= 4 is 22.7 Å². The molecule has 1 aromatic rings. The van der Waals surface area contributed by atoms with Crippen LogP contribution in [0.25, 0.3) is 0 Å². The molecular weight excluding hydrogens is 198 g/mol. The van der Waals surface area contributed by atoms with Crippen molar-refractivity contribution in [2.75, 3.05) is 5.75 Å². The van der Waals surface area contributed by atoms with E-state index in [9.17, 15) is 4.79 Å². The summed E-state index contributed by atoms with van der Waals surface area (Å²) in [6.45, 7) is 1.97. The summed E-state index contributed by atoms with van der Waals surface area (Å²) in [4.78, 5) is 15.1. The summed E-state index contributed by atoms with van der Waals surface area (Å²) >= 11 is 1.41. The number of amides is 1. The number of nitrogens with zero attached hydrogens (tertiary/aromatic N) is 2. The lowest BCUT2D eigenvalue weighted by molar-refractivity contribution is -0.118. The fourth-order valence-electron chi connectivity index (χ4n) is 1.14. The zero-order chi connectivity index (χ0) is 9.97. The van der Waals surface area contributed by atoms with Crippen LogP contribution in [-0.2, 0) is 4.79 Å². The Kier molecular flexibility index (Phi) is 2.49. The van der Waals surface area contributed by atoms with Gasteiger partial charge in [0.2, 0.25) is 0 Å². The molecule has 1 N–H and O–H groups in total. The van der Waals surface area contributed by atoms with E-state index in [0.717, 1.165) is 16.3 Å². The van der Waals surface area contributed by atoms with E-state index in [4.69, 9.17) is 0 Å². The topological polar surface area (TPSA) is 54.4 Å². The monoisotopic (exact) mass is 207 g/mol. The molecule has 0 aromatic carbocycles. The van der Waals surface area contributed by atoms with Gasteiger partial charge in [0.15, 0.2) is 0 Å². The SMILES string of the molecule is Cc1cccnc1C1=NNC(=O)CS1. The van der Waals surface area contributed by atoms with Crippen LogP contribution in [0.2, 0.25) is 0 Å². The molecule has 2 rings (SSSR count). The molecule has 0 fully saturated rings. The third kappa shape index (κ3) is 1.77. The quantitative estimate of drug-likeness (QED) is 0.744. The molecular formula is C9H9N3OS. The number of hydrazone groups is 1. The first kappa shape index (κ1) is 9.21. The van der Waals surface area contributed by atoms with E-state index in [1.807, 2.05) is 19.1 Å². The number of aromatic nitrogens is 1. The van der Waals surface area contributed by atoms with Crippen LogP contribution in [-0.4, -0.2) is 21.7 Å². The highest BCUT2D eigenvalue weighted by atomic mass is 32.2. The molecule has 2 heterocycles. The van der Waals surface area contributed by atoms with Gasteiger partial charge in [-0.3, -0.25) is 9.78 Å². The summed E-state index contributed by atoms with van der Waals surface area (Å²) in [6, 6.07) is 3.85. The van der Waals surface area contributed by atoms with E-state index in [1.165, 1.54) is 11.8 Å². The van der Waals surface area contributed by atoms with Gasteiger partial charge in [-0.15, -0.1) is 0 Å². The highest BCUT2D eigenvalue weighted by molar-refractivity contribution is 8.15. The van der Waals surface area contributed by atoms with Gasteiger partial charge in [0.25, 0.3) is 5.91 Å². The van der Waals surface area contributed by atoms with Crippen LogP contribution in [0.3, 0.4) is 0 Å². The maximum absolute atomic E-state index is 10.9. The number of rotatable bonds is 1. The number of carbonyl (C=O) groups is 1. The predicted octanol–water partition coefficient (Wildman–Crippen LogP) is 0.915. The molecule has 0 aliphatic carbocycles. The van der Waals surface area contributed by atoms with E-state index in [2.05, 4.69) is 15.5 Å². The molecule has 1 aliphatic rings. The summed E-state index contributed by atoms with van der Waals surface area (Å²) in [7, 11) is 0. The zero-order valence-corrected chi connectivity index (χ0v) is 8.47. The summed E-state index contributed by atoms with van der Waals surface area (Å²) < 4.78 is 0. The van der Waals surface area contributed by atoms with Crippen molar-refractivity contribution in [2.45, 2.75) is 6.92 Å². The molecule has 14 heavy (non-hydrogen) atoms. The lowest BCUT2D eigenvalue weighted by atomic mass is 10.2. The molecule has 0 saturated heterocycles. The van der Waals surface area contributed by atoms with Gasteiger partial charge in [-0.1, -0.05) is 17.8 Å². The number of hydrogen-bond donors (Lipinski definition) is 1.